The first-order valence-corrected chi connectivity index (χ1v) is 10.1. The number of Topliss-reactive ketones (excluding diaryl/α,β-unsaturated/α-hetero) is 2. The standard InChI is InChI=1S/C25H19F4NO2/c26-23-2-1-9-30-24(23)22(16-5-7-19(8-6-16)25(27,28)29)14-20(31)11-15-3-4-17-12-21(32)13-18(17)10-15/h1-10,22H,11-14H2/t22-/m0/s1. The molecule has 164 valence electrons. The number of alkyl halides is 3. The minimum atomic E-state index is -4.49. The van der Waals surface area contributed by atoms with E-state index in [1.54, 1.807) is 6.07 Å². The second-order valence-corrected chi connectivity index (χ2v) is 7.96. The molecule has 2 aromatic carbocycles. The third kappa shape index (κ3) is 4.77. The highest BCUT2D eigenvalue weighted by atomic mass is 19.4. The van der Waals surface area contributed by atoms with Crippen molar-refractivity contribution < 1.29 is 27.2 Å². The molecule has 1 heterocycles. The third-order valence-corrected chi connectivity index (χ3v) is 5.64. The molecule has 1 aliphatic rings. The summed E-state index contributed by atoms with van der Waals surface area (Å²) in [4.78, 5) is 28.6. The molecule has 3 aromatic rings. The van der Waals surface area contributed by atoms with Crippen LogP contribution >= 0.6 is 0 Å². The van der Waals surface area contributed by atoms with E-state index in [0.717, 1.165) is 28.8 Å². The summed E-state index contributed by atoms with van der Waals surface area (Å²) in [5.41, 5.74) is 2.19. The van der Waals surface area contributed by atoms with Crippen LogP contribution in [-0.2, 0) is 35.0 Å². The lowest BCUT2D eigenvalue weighted by Crippen LogP contribution is -2.14. The zero-order valence-corrected chi connectivity index (χ0v) is 17.0. The summed E-state index contributed by atoms with van der Waals surface area (Å²) < 4.78 is 53.3. The molecular weight excluding hydrogens is 422 g/mol. The van der Waals surface area contributed by atoms with E-state index < -0.39 is 23.5 Å². The molecular formula is C25H19F4NO2. The fourth-order valence-electron chi connectivity index (χ4n) is 4.07. The van der Waals surface area contributed by atoms with Crippen molar-refractivity contribution in [2.75, 3.05) is 0 Å². The third-order valence-electron chi connectivity index (χ3n) is 5.64. The molecule has 1 atom stereocenters. The number of rotatable bonds is 6. The van der Waals surface area contributed by atoms with E-state index in [0.29, 0.717) is 18.4 Å². The first kappa shape index (κ1) is 21.9. The maximum atomic E-state index is 14.5. The fourth-order valence-corrected chi connectivity index (χ4v) is 4.07. The normalized spacial score (nSPS) is 14.3. The zero-order chi connectivity index (χ0) is 22.9. The number of nitrogens with zero attached hydrogens (tertiary/aromatic N) is 1. The van der Waals surface area contributed by atoms with Crippen LogP contribution in [0.1, 0.15) is 45.8 Å². The van der Waals surface area contributed by atoms with Crippen molar-refractivity contribution in [1.29, 1.82) is 0 Å². The Balaban J connectivity index is 1.58. The number of pyridine rings is 1. The van der Waals surface area contributed by atoms with Gasteiger partial charge >= 0.3 is 6.18 Å². The summed E-state index contributed by atoms with van der Waals surface area (Å²) in [5, 5.41) is 0. The van der Waals surface area contributed by atoms with Gasteiger partial charge in [-0.1, -0.05) is 30.3 Å². The first-order valence-electron chi connectivity index (χ1n) is 10.1. The van der Waals surface area contributed by atoms with Gasteiger partial charge in [-0.25, -0.2) is 4.39 Å². The molecule has 0 saturated carbocycles. The van der Waals surface area contributed by atoms with Gasteiger partial charge < -0.3 is 0 Å². The van der Waals surface area contributed by atoms with Crippen molar-refractivity contribution in [3.8, 4) is 0 Å². The second-order valence-electron chi connectivity index (χ2n) is 7.96. The molecule has 1 aromatic heterocycles. The van der Waals surface area contributed by atoms with Crippen molar-refractivity contribution in [1.82, 2.24) is 4.98 Å². The van der Waals surface area contributed by atoms with Crippen molar-refractivity contribution in [2.24, 2.45) is 0 Å². The molecule has 0 N–H and O–H groups in total. The van der Waals surface area contributed by atoms with Gasteiger partial charge in [0, 0.05) is 37.8 Å². The molecule has 4 rings (SSSR count). The Labute approximate surface area is 182 Å². The second kappa shape index (κ2) is 8.65. The van der Waals surface area contributed by atoms with Crippen molar-refractivity contribution in [2.45, 2.75) is 37.8 Å². The molecule has 0 fully saturated rings. The number of carbonyl (C=O) groups is 2. The van der Waals surface area contributed by atoms with Crippen molar-refractivity contribution in [3.05, 3.63) is 100 Å². The number of ketones is 2. The van der Waals surface area contributed by atoms with Gasteiger partial charge in [-0.15, -0.1) is 0 Å². The highest BCUT2D eigenvalue weighted by Crippen LogP contribution is 2.33. The van der Waals surface area contributed by atoms with Crippen LogP contribution < -0.4 is 0 Å². The van der Waals surface area contributed by atoms with Gasteiger partial charge in [-0.3, -0.25) is 14.6 Å². The Bertz CT molecular complexity index is 1170. The van der Waals surface area contributed by atoms with Gasteiger partial charge in [0.05, 0.1) is 11.3 Å². The predicted molar refractivity (Wildman–Crippen MR) is 110 cm³/mol. The predicted octanol–water partition coefficient (Wildman–Crippen LogP) is 5.24. The van der Waals surface area contributed by atoms with Gasteiger partial charge in [-0.05, 0) is 46.5 Å². The number of carbonyl (C=O) groups excluding carboxylic acids is 2. The average Bonchev–Trinajstić information content (AvgIpc) is 3.11. The number of hydrogen-bond donors (Lipinski definition) is 0. The number of fused-ring (bicyclic) bond motifs is 1. The Morgan fingerprint density at radius 3 is 2.41 bits per heavy atom. The lowest BCUT2D eigenvalue weighted by Gasteiger charge is -2.18. The van der Waals surface area contributed by atoms with E-state index in [1.807, 2.05) is 12.1 Å². The number of halogens is 4. The lowest BCUT2D eigenvalue weighted by molar-refractivity contribution is -0.137. The largest absolute Gasteiger partial charge is 0.416 e. The van der Waals surface area contributed by atoms with Gasteiger partial charge in [-0.2, -0.15) is 13.2 Å². The Hall–Kier alpha value is -3.35. The molecule has 0 amide bonds. The van der Waals surface area contributed by atoms with E-state index >= 15 is 0 Å². The fraction of sp³-hybridized carbons (Fsp3) is 0.240. The topological polar surface area (TPSA) is 47.0 Å². The summed E-state index contributed by atoms with van der Waals surface area (Å²) in [7, 11) is 0. The summed E-state index contributed by atoms with van der Waals surface area (Å²) in [6.07, 6.45) is -2.39. The van der Waals surface area contributed by atoms with Crippen molar-refractivity contribution in [3.63, 3.8) is 0 Å². The van der Waals surface area contributed by atoms with Crippen LogP contribution in [0.2, 0.25) is 0 Å². The van der Waals surface area contributed by atoms with Crippen LogP contribution in [0, 0.1) is 5.82 Å². The molecule has 0 bridgehead atoms. The summed E-state index contributed by atoms with van der Waals surface area (Å²) in [6, 6.07) is 12.5. The van der Waals surface area contributed by atoms with Crippen molar-refractivity contribution >= 4 is 11.6 Å². The highest BCUT2D eigenvalue weighted by Gasteiger charge is 2.31. The average molecular weight is 441 g/mol. The van der Waals surface area contributed by atoms with Crippen LogP contribution in [-0.4, -0.2) is 16.6 Å². The van der Waals surface area contributed by atoms with Gasteiger partial charge in [0.1, 0.15) is 17.4 Å². The summed E-state index contributed by atoms with van der Waals surface area (Å²) in [6.45, 7) is 0. The Morgan fingerprint density at radius 2 is 1.72 bits per heavy atom. The molecule has 7 heteroatoms. The Morgan fingerprint density at radius 1 is 1.00 bits per heavy atom. The molecule has 0 spiro atoms. The van der Waals surface area contributed by atoms with Gasteiger partial charge in [0.25, 0.3) is 0 Å². The maximum absolute atomic E-state index is 14.5. The number of hydrogen-bond acceptors (Lipinski definition) is 3. The van der Waals surface area contributed by atoms with Crippen LogP contribution in [0.5, 0.6) is 0 Å². The quantitative estimate of drug-likeness (QED) is 0.492. The van der Waals surface area contributed by atoms with Crippen LogP contribution in [0.15, 0.2) is 60.8 Å². The summed E-state index contributed by atoms with van der Waals surface area (Å²) >= 11 is 0. The molecule has 1 aliphatic carbocycles. The van der Waals surface area contributed by atoms with Crippen LogP contribution in [0.3, 0.4) is 0 Å². The lowest BCUT2D eigenvalue weighted by atomic mass is 9.88. The molecule has 0 radical (unpaired) electrons. The SMILES string of the molecule is O=C1Cc2ccc(CC(=O)C[C@@H](c3ccc(C(F)(F)F)cc3)c3ncccc3F)cc2C1. The van der Waals surface area contributed by atoms with E-state index in [9.17, 15) is 27.2 Å². The van der Waals surface area contributed by atoms with E-state index in [1.165, 1.54) is 30.5 Å². The van der Waals surface area contributed by atoms with Gasteiger partial charge in [0.15, 0.2) is 0 Å². The molecule has 32 heavy (non-hydrogen) atoms. The Kier molecular flexibility index (Phi) is 5.91. The van der Waals surface area contributed by atoms with E-state index in [4.69, 9.17) is 0 Å². The first-order chi connectivity index (χ1) is 15.2. The molecule has 0 saturated heterocycles. The minimum Gasteiger partial charge on any atom is -0.299 e. The highest BCUT2D eigenvalue weighted by molar-refractivity contribution is 5.88. The molecule has 3 nitrogen and oxygen atoms in total. The molecule has 0 unspecified atom stereocenters. The van der Waals surface area contributed by atoms with E-state index in [-0.39, 0.29) is 30.1 Å². The number of benzene rings is 2. The van der Waals surface area contributed by atoms with Crippen LogP contribution in [0.25, 0.3) is 0 Å². The van der Waals surface area contributed by atoms with Gasteiger partial charge in [0.2, 0.25) is 0 Å². The van der Waals surface area contributed by atoms with E-state index in [2.05, 4.69) is 4.98 Å². The summed E-state index contributed by atoms with van der Waals surface area (Å²) in [5.74, 6) is -1.51. The maximum Gasteiger partial charge on any atom is 0.416 e. The monoisotopic (exact) mass is 441 g/mol. The van der Waals surface area contributed by atoms with Crippen LogP contribution in [0.4, 0.5) is 17.6 Å². The number of aromatic nitrogens is 1. The molecule has 0 aliphatic heterocycles. The zero-order valence-electron chi connectivity index (χ0n) is 17.0. The minimum absolute atomic E-state index is 0.0140. The smallest absolute Gasteiger partial charge is 0.299 e.